The fourth-order valence-corrected chi connectivity index (χ4v) is 5.54. The van der Waals surface area contributed by atoms with Crippen molar-refractivity contribution in [3.8, 4) is 23.0 Å². The number of unbranched alkanes of at least 4 members (excludes halogenated alkanes) is 10. The maximum absolute atomic E-state index is 10.8. The maximum Gasteiger partial charge on any atom is 0.161 e. The minimum Gasteiger partial charge on any atom is -0.487 e. The van der Waals surface area contributed by atoms with E-state index in [4.69, 9.17) is 28.4 Å². The number of aliphatic hydroxyl groups is 2. The zero-order valence-electron chi connectivity index (χ0n) is 28.5. The van der Waals surface area contributed by atoms with E-state index in [1.165, 1.54) is 51.4 Å². The van der Waals surface area contributed by atoms with Gasteiger partial charge in [0.25, 0.3) is 0 Å². The highest BCUT2D eigenvalue weighted by Crippen LogP contribution is 2.34. The Kier molecular flexibility index (Phi) is 19.6. The Bertz CT molecular complexity index is 977. The second kappa shape index (κ2) is 23.7. The molecule has 0 unspecified atom stereocenters. The molecule has 0 amide bonds. The maximum atomic E-state index is 10.8. The first-order valence-corrected chi connectivity index (χ1v) is 17.9. The highest BCUT2D eigenvalue weighted by Gasteiger charge is 2.15. The Morgan fingerprint density at radius 1 is 0.457 bits per heavy atom. The van der Waals surface area contributed by atoms with Gasteiger partial charge in [0, 0.05) is 0 Å². The number of benzene rings is 2. The molecule has 1 heterocycles. The van der Waals surface area contributed by atoms with Crippen molar-refractivity contribution in [1.82, 2.24) is 0 Å². The third-order valence-corrected chi connectivity index (χ3v) is 8.31. The average Bonchev–Trinajstić information content (AvgIpc) is 3.07. The van der Waals surface area contributed by atoms with E-state index in [0.29, 0.717) is 75.9 Å². The van der Waals surface area contributed by atoms with E-state index in [1.54, 1.807) is 0 Å². The molecule has 46 heavy (non-hydrogen) atoms. The summed E-state index contributed by atoms with van der Waals surface area (Å²) in [5.74, 6) is 2.40. The molecule has 8 heteroatoms. The number of fused-ring (bicyclic) bond motifs is 2. The summed E-state index contributed by atoms with van der Waals surface area (Å²) < 4.78 is 35.7. The molecule has 260 valence electrons. The van der Waals surface area contributed by atoms with E-state index < -0.39 is 12.2 Å². The largest absolute Gasteiger partial charge is 0.487 e. The summed E-state index contributed by atoms with van der Waals surface area (Å²) in [5, 5.41) is 21.6. The van der Waals surface area contributed by atoms with Crippen LogP contribution in [-0.4, -0.2) is 63.1 Å². The molecule has 1 aliphatic heterocycles. The Balaban J connectivity index is 1.51. The summed E-state index contributed by atoms with van der Waals surface area (Å²) in [5.41, 5.74) is 1.66. The van der Waals surface area contributed by atoms with Crippen molar-refractivity contribution in [1.29, 1.82) is 0 Å². The zero-order chi connectivity index (χ0) is 32.7. The van der Waals surface area contributed by atoms with Gasteiger partial charge in [0.2, 0.25) is 0 Å². The predicted octanol–water partition coefficient (Wildman–Crippen LogP) is 8.52. The molecule has 0 saturated carbocycles. The number of ether oxygens (including phenoxy) is 6. The van der Waals surface area contributed by atoms with E-state index >= 15 is 0 Å². The van der Waals surface area contributed by atoms with Crippen LogP contribution in [0.15, 0.2) is 36.4 Å². The van der Waals surface area contributed by atoms with Gasteiger partial charge in [-0.15, -0.1) is 0 Å². The molecule has 0 bridgehead atoms. The van der Waals surface area contributed by atoms with Crippen LogP contribution < -0.4 is 18.9 Å². The average molecular weight is 645 g/mol. The number of rotatable bonds is 16. The molecule has 0 spiro atoms. The minimum absolute atomic E-state index is 0.337. The van der Waals surface area contributed by atoms with Gasteiger partial charge in [-0.05, 0) is 48.2 Å². The number of aliphatic hydroxyl groups excluding tert-OH is 2. The molecule has 0 radical (unpaired) electrons. The van der Waals surface area contributed by atoms with Crippen molar-refractivity contribution in [2.75, 3.05) is 52.9 Å². The molecule has 2 N–H and O–H groups in total. The summed E-state index contributed by atoms with van der Waals surface area (Å²) in [6.07, 6.45) is 14.7. The van der Waals surface area contributed by atoms with E-state index in [0.717, 1.165) is 49.7 Å². The van der Waals surface area contributed by atoms with Gasteiger partial charge < -0.3 is 38.6 Å². The first kappa shape index (κ1) is 37.9. The van der Waals surface area contributed by atoms with Crippen molar-refractivity contribution >= 4 is 0 Å². The third-order valence-electron chi connectivity index (χ3n) is 8.31. The van der Waals surface area contributed by atoms with Gasteiger partial charge in [0.1, 0.15) is 26.4 Å². The van der Waals surface area contributed by atoms with Crippen molar-refractivity contribution in [3.05, 3.63) is 47.5 Å². The summed E-state index contributed by atoms with van der Waals surface area (Å²) in [6, 6.07) is 11.3. The normalized spacial score (nSPS) is 16.3. The van der Waals surface area contributed by atoms with Crippen LogP contribution >= 0.6 is 0 Å². The molecule has 0 aromatic heterocycles. The van der Waals surface area contributed by atoms with Crippen LogP contribution in [0.1, 0.15) is 127 Å². The van der Waals surface area contributed by atoms with Gasteiger partial charge in [-0.2, -0.15) is 0 Å². The van der Waals surface area contributed by atoms with Gasteiger partial charge in [0.05, 0.1) is 38.6 Å². The highest BCUT2D eigenvalue weighted by molar-refractivity contribution is 5.44. The van der Waals surface area contributed by atoms with Gasteiger partial charge in [0.15, 0.2) is 23.0 Å². The fraction of sp³-hybridized carbons (Fsp3) is 0.684. The molecule has 1 aliphatic rings. The topological polar surface area (TPSA) is 95.8 Å². The summed E-state index contributed by atoms with van der Waals surface area (Å²) >= 11 is 0. The first-order valence-electron chi connectivity index (χ1n) is 17.9. The molecule has 0 saturated heterocycles. The lowest BCUT2D eigenvalue weighted by atomic mass is 10.0. The van der Waals surface area contributed by atoms with E-state index in [1.807, 2.05) is 36.4 Å². The highest BCUT2D eigenvalue weighted by atomic mass is 16.6. The lowest BCUT2D eigenvalue weighted by Crippen LogP contribution is -2.15. The molecule has 0 fully saturated rings. The molecule has 2 atom stereocenters. The van der Waals surface area contributed by atoms with E-state index in [9.17, 15) is 10.2 Å². The lowest BCUT2D eigenvalue weighted by Gasteiger charge is -2.18. The van der Waals surface area contributed by atoms with Crippen molar-refractivity contribution in [2.24, 2.45) is 0 Å². The van der Waals surface area contributed by atoms with Crippen LogP contribution in [0.2, 0.25) is 0 Å². The van der Waals surface area contributed by atoms with Crippen LogP contribution in [0.25, 0.3) is 0 Å². The van der Waals surface area contributed by atoms with E-state index in [-0.39, 0.29) is 0 Å². The predicted molar refractivity (Wildman–Crippen MR) is 182 cm³/mol. The second-order valence-corrected chi connectivity index (χ2v) is 12.2. The zero-order valence-corrected chi connectivity index (χ0v) is 28.5. The van der Waals surface area contributed by atoms with Gasteiger partial charge in [-0.25, -0.2) is 0 Å². The molecule has 0 aliphatic carbocycles. The molecule has 2 aromatic carbocycles. The van der Waals surface area contributed by atoms with Crippen LogP contribution in [-0.2, 0) is 9.47 Å². The fourth-order valence-electron chi connectivity index (χ4n) is 5.54. The standard InChI is InChI=1S/C38H60O8/c1-3-5-7-9-11-13-15-33(39)31-17-19-35-37(29-31)45-27-23-41-22-26-44-36-20-18-32(34(40)16-14-12-10-8-6-4-2)30-38(36)46-28-24-42-21-25-43-35/h17-20,29-30,33-34,39-40H,3-16,21-28H2,1-2H3/t33-,34-/m0/s1. The Hall–Kier alpha value is -2.52. The van der Waals surface area contributed by atoms with Crippen LogP contribution in [0.4, 0.5) is 0 Å². The lowest BCUT2D eigenvalue weighted by molar-refractivity contribution is 0.0637. The third kappa shape index (κ3) is 14.9. The second-order valence-electron chi connectivity index (χ2n) is 12.2. The summed E-state index contributed by atoms with van der Waals surface area (Å²) in [6.45, 7) is 7.34. The van der Waals surface area contributed by atoms with E-state index in [2.05, 4.69) is 13.8 Å². The quantitative estimate of drug-likeness (QED) is 0.176. The van der Waals surface area contributed by atoms with Gasteiger partial charge in [-0.1, -0.05) is 103 Å². The van der Waals surface area contributed by atoms with Crippen molar-refractivity contribution < 1.29 is 38.6 Å². The molecular formula is C38H60O8. The van der Waals surface area contributed by atoms with Gasteiger partial charge >= 0.3 is 0 Å². The van der Waals surface area contributed by atoms with Gasteiger partial charge in [-0.3, -0.25) is 0 Å². The molecule has 2 aromatic rings. The Morgan fingerprint density at radius 3 is 1.20 bits per heavy atom. The molecular weight excluding hydrogens is 584 g/mol. The van der Waals surface area contributed by atoms with Crippen LogP contribution in [0, 0.1) is 0 Å². The monoisotopic (exact) mass is 644 g/mol. The summed E-state index contributed by atoms with van der Waals surface area (Å²) in [4.78, 5) is 0. The molecule has 8 nitrogen and oxygen atoms in total. The molecule has 3 rings (SSSR count). The SMILES string of the molecule is CCCCCCCC[C@H](O)c1ccc2c(c1)OCCOCCOc1ccc([C@@H](O)CCCCCCCC)cc1OCCOCCO2. The van der Waals surface area contributed by atoms with Crippen molar-refractivity contribution in [3.63, 3.8) is 0 Å². The van der Waals surface area contributed by atoms with Crippen molar-refractivity contribution in [2.45, 2.75) is 116 Å². The smallest absolute Gasteiger partial charge is 0.161 e. The Morgan fingerprint density at radius 2 is 0.804 bits per heavy atom. The first-order chi connectivity index (χ1) is 22.6. The number of hydrogen-bond acceptors (Lipinski definition) is 8. The number of hydrogen-bond donors (Lipinski definition) is 2. The van der Waals surface area contributed by atoms with Crippen LogP contribution in [0.5, 0.6) is 23.0 Å². The minimum atomic E-state index is -0.535. The Labute approximate surface area is 277 Å². The van der Waals surface area contributed by atoms with Crippen LogP contribution in [0.3, 0.4) is 0 Å². The summed E-state index contributed by atoms with van der Waals surface area (Å²) in [7, 11) is 0.